The highest BCUT2D eigenvalue weighted by molar-refractivity contribution is 6.09. The summed E-state index contributed by atoms with van der Waals surface area (Å²) in [5, 5.41) is 2.60. The van der Waals surface area contributed by atoms with E-state index in [0.717, 1.165) is 11.4 Å². The van der Waals surface area contributed by atoms with Crippen molar-refractivity contribution in [2.75, 3.05) is 16.8 Å². The minimum absolute atomic E-state index is 0.153. The Kier molecular flexibility index (Phi) is 8.43. The van der Waals surface area contributed by atoms with Crippen molar-refractivity contribution < 1.29 is 0 Å². The molecular formula is C53H46N2. The van der Waals surface area contributed by atoms with Gasteiger partial charge >= 0.3 is 0 Å². The number of hydrogen-bond donors (Lipinski definition) is 0. The van der Waals surface area contributed by atoms with Crippen molar-refractivity contribution in [2.24, 2.45) is 0 Å². The molecular weight excluding hydrogens is 665 g/mol. The van der Waals surface area contributed by atoms with Gasteiger partial charge in [0.05, 0.1) is 0 Å². The summed E-state index contributed by atoms with van der Waals surface area (Å²) in [5.41, 5.74) is 16.7. The van der Waals surface area contributed by atoms with Crippen molar-refractivity contribution in [1.82, 2.24) is 0 Å². The number of nitrogens with zero attached hydrogens (tertiary/aromatic N) is 2. The van der Waals surface area contributed by atoms with Crippen molar-refractivity contribution in [1.29, 1.82) is 0 Å². The van der Waals surface area contributed by atoms with Gasteiger partial charge in [0, 0.05) is 51.7 Å². The molecule has 2 heteroatoms. The number of para-hydroxylation sites is 3. The summed E-state index contributed by atoms with van der Waals surface area (Å²) in [4.78, 5) is 4.71. The fraction of sp³-hybridized carbons (Fsp3) is 0.132. The molecule has 0 fully saturated rings. The fourth-order valence-corrected chi connectivity index (χ4v) is 8.97. The first-order valence-electron chi connectivity index (χ1n) is 19.3. The van der Waals surface area contributed by atoms with Crippen LogP contribution < -0.4 is 9.80 Å². The van der Waals surface area contributed by atoms with E-state index in [1.807, 2.05) is 36.4 Å². The zero-order valence-electron chi connectivity index (χ0n) is 32.3. The first kappa shape index (κ1) is 34.4. The highest BCUT2D eigenvalue weighted by atomic mass is 15.1. The Labute approximate surface area is 326 Å². The second-order valence-corrected chi connectivity index (χ2v) is 15.8. The van der Waals surface area contributed by atoms with Gasteiger partial charge in [-0.2, -0.15) is 0 Å². The van der Waals surface area contributed by atoms with Crippen LogP contribution in [0.3, 0.4) is 0 Å². The second-order valence-electron chi connectivity index (χ2n) is 15.8. The van der Waals surface area contributed by atoms with Crippen LogP contribution in [0.1, 0.15) is 49.9 Å². The van der Waals surface area contributed by atoms with Gasteiger partial charge in [0.1, 0.15) is 0 Å². The summed E-state index contributed by atoms with van der Waals surface area (Å²) in [6.45, 7) is 9.63. The summed E-state index contributed by atoms with van der Waals surface area (Å²) < 4.78 is 0. The van der Waals surface area contributed by atoms with Gasteiger partial charge in [-0.1, -0.05) is 149 Å². The van der Waals surface area contributed by atoms with Crippen molar-refractivity contribution in [3.8, 4) is 22.3 Å². The first-order valence-corrected chi connectivity index (χ1v) is 19.3. The largest absolute Gasteiger partial charge is 0.344 e. The molecule has 0 unspecified atom stereocenters. The number of rotatable bonds is 5. The molecule has 0 bridgehead atoms. The molecule has 2 nitrogen and oxygen atoms in total. The SMILES string of the molecule is CN(c1ccccc1)c1cc2c(c3ccccc13)-c1cc3c(cc1C2(C)C)-c1ccc(N(c2ccccc2)c2ccccc2)cc1C3(C)C.c1ccccc1. The standard InChI is InChI=1S/C47H40N2.C6H6/c1-46(2)40-27-34(49(32-19-11-7-12-20-32)33-21-13-8-14-22-33)25-26-35(40)38-28-42-39(29-41(38)46)45-37-24-16-15-23-36(37)44(30-43(45)47(42,3)4)48(5)31-17-9-6-10-18-31;1-2-4-6-5-3-1/h6-30H,1-5H3;1-6H. The molecule has 0 aliphatic heterocycles. The summed E-state index contributed by atoms with van der Waals surface area (Å²) in [6.07, 6.45) is 0. The molecule has 0 amide bonds. The monoisotopic (exact) mass is 710 g/mol. The third kappa shape index (κ3) is 5.72. The molecule has 0 aromatic heterocycles. The minimum Gasteiger partial charge on any atom is -0.344 e. The smallest absolute Gasteiger partial charge is 0.0491 e. The normalized spacial score (nSPS) is 13.8. The van der Waals surface area contributed by atoms with E-state index in [2.05, 4.69) is 196 Å². The van der Waals surface area contributed by atoms with Gasteiger partial charge in [0.15, 0.2) is 0 Å². The van der Waals surface area contributed by atoms with Crippen LogP contribution >= 0.6 is 0 Å². The topological polar surface area (TPSA) is 6.48 Å². The van der Waals surface area contributed by atoms with E-state index in [9.17, 15) is 0 Å². The van der Waals surface area contributed by atoms with Crippen molar-refractivity contribution in [3.63, 3.8) is 0 Å². The highest BCUT2D eigenvalue weighted by Gasteiger charge is 2.43. The molecule has 0 radical (unpaired) electrons. The van der Waals surface area contributed by atoms with Gasteiger partial charge in [0.25, 0.3) is 0 Å². The average Bonchev–Trinajstić information content (AvgIpc) is 3.60. The molecule has 10 rings (SSSR count). The zero-order chi connectivity index (χ0) is 37.7. The molecule has 55 heavy (non-hydrogen) atoms. The predicted octanol–water partition coefficient (Wildman–Crippen LogP) is 14.4. The molecule has 0 saturated carbocycles. The minimum atomic E-state index is -0.162. The summed E-state index contributed by atoms with van der Waals surface area (Å²) in [6, 6.07) is 67.7. The van der Waals surface area contributed by atoms with Crippen LogP contribution in [0.2, 0.25) is 0 Å². The molecule has 0 heterocycles. The van der Waals surface area contributed by atoms with Crippen LogP contribution in [-0.2, 0) is 10.8 Å². The zero-order valence-corrected chi connectivity index (χ0v) is 32.3. The van der Waals surface area contributed by atoms with Crippen LogP contribution in [-0.4, -0.2) is 7.05 Å². The maximum absolute atomic E-state index is 2.54. The molecule has 2 aliphatic carbocycles. The van der Waals surface area contributed by atoms with E-state index in [-0.39, 0.29) is 10.8 Å². The van der Waals surface area contributed by atoms with Gasteiger partial charge in [-0.15, -0.1) is 0 Å². The molecule has 0 spiro atoms. The quantitative estimate of drug-likeness (QED) is 0.175. The van der Waals surface area contributed by atoms with Crippen molar-refractivity contribution >= 4 is 39.2 Å². The Morgan fingerprint density at radius 3 is 1.36 bits per heavy atom. The number of benzene rings is 8. The third-order valence-electron chi connectivity index (χ3n) is 11.9. The van der Waals surface area contributed by atoms with Gasteiger partial charge in [0.2, 0.25) is 0 Å². The Morgan fingerprint density at radius 1 is 0.345 bits per heavy atom. The Balaban J connectivity index is 0.000000606. The van der Waals surface area contributed by atoms with Crippen LogP contribution in [0.5, 0.6) is 0 Å². The lowest BCUT2D eigenvalue weighted by Gasteiger charge is -2.28. The molecule has 0 N–H and O–H groups in total. The average molecular weight is 711 g/mol. The number of hydrogen-bond acceptors (Lipinski definition) is 2. The van der Waals surface area contributed by atoms with Crippen LogP contribution in [0, 0.1) is 0 Å². The summed E-state index contributed by atoms with van der Waals surface area (Å²) in [5.74, 6) is 0. The molecule has 0 saturated heterocycles. The van der Waals surface area contributed by atoms with Crippen LogP contribution in [0.15, 0.2) is 188 Å². The van der Waals surface area contributed by atoms with Crippen LogP contribution in [0.25, 0.3) is 33.0 Å². The van der Waals surface area contributed by atoms with E-state index in [1.54, 1.807) is 0 Å². The summed E-state index contributed by atoms with van der Waals surface area (Å²) >= 11 is 0. The summed E-state index contributed by atoms with van der Waals surface area (Å²) in [7, 11) is 2.19. The lowest BCUT2D eigenvalue weighted by molar-refractivity contribution is 0.652. The number of fused-ring (bicyclic) bond motifs is 8. The lowest BCUT2D eigenvalue weighted by Crippen LogP contribution is -2.18. The van der Waals surface area contributed by atoms with Crippen molar-refractivity contribution in [3.05, 3.63) is 210 Å². The van der Waals surface area contributed by atoms with E-state index in [4.69, 9.17) is 0 Å². The molecule has 2 aliphatic rings. The lowest BCUT2D eigenvalue weighted by atomic mass is 9.79. The van der Waals surface area contributed by atoms with E-state index in [1.165, 1.54) is 72.3 Å². The van der Waals surface area contributed by atoms with Crippen molar-refractivity contribution in [2.45, 2.75) is 38.5 Å². The van der Waals surface area contributed by atoms with E-state index < -0.39 is 0 Å². The highest BCUT2D eigenvalue weighted by Crippen LogP contribution is 2.59. The van der Waals surface area contributed by atoms with E-state index in [0.29, 0.717) is 0 Å². The van der Waals surface area contributed by atoms with Crippen LogP contribution in [0.4, 0.5) is 28.4 Å². The Hall–Kier alpha value is -6.38. The van der Waals surface area contributed by atoms with Gasteiger partial charge < -0.3 is 9.80 Å². The molecule has 8 aromatic carbocycles. The molecule has 8 aromatic rings. The second kappa shape index (κ2) is 13.5. The fourth-order valence-electron chi connectivity index (χ4n) is 8.97. The van der Waals surface area contributed by atoms with Gasteiger partial charge in [-0.25, -0.2) is 0 Å². The number of anilines is 5. The molecule has 0 atom stereocenters. The predicted molar refractivity (Wildman–Crippen MR) is 235 cm³/mol. The first-order chi connectivity index (χ1) is 26.7. The maximum atomic E-state index is 2.54. The van der Waals surface area contributed by atoms with E-state index >= 15 is 0 Å². The van der Waals surface area contributed by atoms with Gasteiger partial charge in [-0.05, 0) is 117 Å². The Morgan fingerprint density at radius 2 is 0.782 bits per heavy atom. The Bertz CT molecular complexity index is 2580. The third-order valence-corrected chi connectivity index (χ3v) is 11.9. The maximum Gasteiger partial charge on any atom is 0.0491 e. The van der Waals surface area contributed by atoms with Gasteiger partial charge in [-0.3, -0.25) is 0 Å². The molecule has 268 valence electrons.